The number of hydrogen-bond acceptors (Lipinski definition) is 2. The number of nitrogens with one attached hydrogen (secondary N) is 1. The molecular formula is C33H30N2O2. The number of nitrogens with zero attached hydrogens (tertiary/aromatic N) is 1. The third kappa shape index (κ3) is 5.05. The van der Waals surface area contributed by atoms with E-state index in [4.69, 9.17) is 4.74 Å². The van der Waals surface area contributed by atoms with Crippen molar-refractivity contribution in [2.45, 2.75) is 19.9 Å². The third-order valence-corrected chi connectivity index (χ3v) is 6.51. The number of para-hydroxylation sites is 2. The maximum atomic E-state index is 13.9. The van der Waals surface area contributed by atoms with Crippen LogP contribution in [-0.4, -0.2) is 17.1 Å². The predicted octanol–water partition coefficient (Wildman–Crippen LogP) is 7.37. The molecule has 0 atom stereocenters. The molecule has 0 saturated carbocycles. The van der Waals surface area contributed by atoms with Crippen molar-refractivity contribution < 1.29 is 9.53 Å². The Morgan fingerprint density at radius 3 is 1.92 bits per heavy atom. The number of benzene rings is 4. The van der Waals surface area contributed by atoms with Gasteiger partial charge in [0.2, 0.25) is 0 Å². The Bertz CT molecular complexity index is 1440. The average Bonchev–Trinajstić information content (AvgIpc) is 3.30. The van der Waals surface area contributed by atoms with E-state index in [1.54, 1.807) is 0 Å². The standard InChI is InChI=1S/C33H30N2O2/c1-3-37-31-22-14-13-21-29(31)35-24(2)28(23-30(35)25-15-7-4-8-16-25)33(36)34-32(26-17-9-5-10-18-26)27-19-11-6-12-20-27/h4-23,32H,3H2,1-2H3,(H,34,36). The van der Waals surface area contributed by atoms with Gasteiger partial charge in [0.1, 0.15) is 5.75 Å². The van der Waals surface area contributed by atoms with Crippen LogP contribution in [0.5, 0.6) is 5.75 Å². The van der Waals surface area contributed by atoms with E-state index in [9.17, 15) is 4.79 Å². The Labute approximate surface area is 218 Å². The molecule has 4 aromatic carbocycles. The summed E-state index contributed by atoms with van der Waals surface area (Å²) >= 11 is 0. The van der Waals surface area contributed by atoms with E-state index in [2.05, 4.69) is 22.0 Å². The van der Waals surface area contributed by atoms with Gasteiger partial charge in [0.05, 0.1) is 29.6 Å². The van der Waals surface area contributed by atoms with Crippen molar-refractivity contribution in [1.82, 2.24) is 9.88 Å². The first-order valence-electron chi connectivity index (χ1n) is 12.6. The lowest BCUT2D eigenvalue weighted by atomic mass is 9.98. The number of rotatable bonds is 8. The van der Waals surface area contributed by atoms with Crippen LogP contribution in [0.2, 0.25) is 0 Å². The molecular weight excluding hydrogens is 456 g/mol. The average molecular weight is 487 g/mol. The number of amides is 1. The molecule has 0 aliphatic carbocycles. The number of aromatic nitrogens is 1. The Kier molecular flexibility index (Phi) is 7.18. The van der Waals surface area contributed by atoms with Crippen LogP contribution in [0.1, 0.15) is 40.1 Å². The molecule has 0 fully saturated rings. The molecule has 0 saturated heterocycles. The van der Waals surface area contributed by atoms with Gasteiger partial charge in [-0.05, 0) is 48.7 Å². The van der Waals surface area contributed by atoms with Crippen molar-refractivity contribution in [2.24, 2.45) is 0 Å². The highest BCUT2D eigenvalue weighted by Gasteiger charge is 2.24. The summed E-state index contributed by atoms with van der Waals surface area (Å²) in [6.45, 7) is 4.52. The van der Waals surface area contributed by atoms with Crippen molar-refractivity contribution in [3.8, 4) is 22.7 Å². The molecule has 5 rings (SSSR count). The maximum Gasteiger partial charge on any atom is 0.253 e. The van der Waals surface area contributed by atoms with Crippen LogP contribution in [0, 0.1) is 6.92 Å². The van der Waals surface area contributed by atoms with Crippen molar-refractivity contribution in [3.05, 3.63) is 144 Å². The summed E-state index contributed by atoms with van der Waals surface area (Å²) in [6, 6.07) is 40.0. The first kappa shape index (κ1) is 24.1. The zero-order chi connectivity index (χ0) is 25.6. The maximum absolute atomic E-state index is 13.9. The minimum absolute atomic E-state index is 0.125. The Morgan fingerprint density at radius 2 is 1.32 bits per heavy atom. The molecule has 5 aromatic rings. The van der Waals surface area contributed by atoms with E-state index in [1.165, 1.54) is 0 Å². The van der Waals surface area contributed by atoms with Crippen LogP contribution in [-0.2, 0) is 0 Å². The molecule has 37 heavy (non-hydrogen) atoms. The third-order valence-electron chi connectivity index (χ3n) is 6.51. The van der Waals surface area contributed by atoms with E-state index >= 15 is 0 Å². The van der Waals surface area contributed by atoms with Gasteiger partial charge in [-0.1, -0.05) is 103 Å². The molecule has 1 amide bonds. The van der Waals surface area contributed by atoms with Gasteiger partial charge in [0, 0.05) is 5.69 Å². The van der Waals surface area contributed by atoms with Crippen LogP contribution >= 0.6 is 0 Å². The number of ether oxygens (including phenoxy) is 1. The lowest BCUT2D eigenvalue weighted by Gasteiger charge is -2.20. The van der Waals surface area contributed by atoms with Crippen LogP contribution in [0.4, 0.5) is 0 Å². The fourth-order valence-corrected chi connectivity index (χ4v) is 4.75. The van der Waals surface area contributed by atoms with Crippen LogP contribution < -0.4 is 10.1 Å². The van der Waals surface area contributed by atoms with Gasteiger partial charge in [-0.15, -0.1) is 0 Å². The summed E-state index contributed by atoms with van der Waals surface area (Å²) in [5.74, 6) is 0.652. The molecule has 184 valence electrons. The fraction of sp³-hybridized carbons (Fsp3) is 0.121. The van der Waals surface area contributed by atoms with Crippen molar-refractivity contribution in [3.63, 3.8) is 0 Å². The van der Waals surface area contributed by atoms with Crippen molar-refractivity contribution in [2.75, 3.05) is 6.61 Å². The second kappa shape index (κ2) is 11.0. The van der Waals surface area contributed by atoms with E-state index in [1.807, 2.05) is 123 Å². The molecule has 1 aromatic heterocycles. The topological polar surface area (TPSA) is 43.3 Å². The number of carbonyl (C=O) groups excluding carboxylic acids is 1. The highest BCUT2D eigenvalue weighted by atomic mass is 16.5. The van der Waals surface area contributed by atoms with E-state index in [0.29, 0.717) is 12.2 Å². The Hall–Kier alpha value is -4.57. The molecule has 0 bridgehead atoms. The minimum Gasteiger partial charge on any atom is -0.492 e. The van der Waals surface area contributed by atoms with E-state index in [-0.39, 0.29) is 11.9 Å². The molecule has 4 heteroatoms. The van der Waals surface area contributed by atoms with Gasteiger partial charge in [-0.25, -0.2) is 0 Å². The van der Waals surface area contributed by atoms with E-state index in [0.717, 1.165) is 39.5 Å². The lowest BCUT2D eigenvalue weighted by molar-refractivity contribution is 0.0942. The Morgan fingerprint density at radius 1 is 0.784 bits per heavy atom. The van der Waals surface area contributed by atoms with Gasteiger partial charge >= 0.3 is 0 Å². The summed E-state index contributed by atoms with van der Waals surface area (Å²) in [4.78, 5) is 13.9. The summed E-state index contributed by atoms with van der Waals surface area (Å²) in [7, 11) is 0. The largest absolute Gasteiger partial charge is 0.492 e. The molecule has 0 radical (unpaired) electrons. The quantitative estimate of drug-likeness (QED) is 0.249. The highest BCUT2D eigenvalue weighted by molar-refractivity contribution is 5.98. The molecule has 4 nitrogen and oxygen atoms in total. The van der Waals surface area contributed by atoms with Gasteiger partial charge in [0.15, 0.2) is 0 Å². The number of carbonyl (C=O) groups is 1. The van der Waals surface area contributed by atoms with Gasteiger partial charge in [-0.2, -0.15) is 0 Å². The van der Waals surface area contributed by atoms with E-state index < -0.39 is 0 Å². The lowest BCUT2D eigenvalue weighted by Crippen LogP contribution is -2.29. The molecule has 1 heterocycles. The summed E-state index contributed by atoms with van der Waals surface area (Å²) < 4.78 is 8.09. The molecule has 0 aliphatic rings. The van der Waals surface area contributed by atoms with Gasteiger partial charge in [0.25, 0.3) is 5.91 Å². The zero-order valence-electron chi connectivity index (χ0n) is 21.1. The first-order valence-corrected chi connectivity index (χ1v) is 12.6. The monoisotopic (exact) mass is 486 g/mol. The smallest absolute Gasteiger partial charge is 0.253 e. The molecule has 1 N–H and O–H groups in total. The molecule has 0 unspecified atom stereocenters. The fourth-order valence-electron chi connectivity index (χ4n) is 4.75. The normalized spacial score (nSPS) is 10.9. The first-order chi connectivity index (χ1) is 18.2. The van der Waals surface area contributed by atoms with Crippen LogP contribution in [0.3, 0.4) is 0 Å². The molecule has 0 spiro atoms. The predicted molar refractivity (Wildman–Crippen MR) is 149 cm³/mol. The second-order valence-electron chi connectivity index (χ2n) is 8.86. The zero-order valence-corrected chi connectivity index (χ0v) is 21.1. The highest BCUT2D eigenvalue weighted by Crippen LogP contribution is 2.34. The van der Waals surface area contributed by atoms with Crippen LogP contribution in [0.25, 0.3) is 16.9 Å². The SMILES string of the molecule is CCOc1ccccc1-n1c(-c2ccccc2)cc(C(=O)NC(c2ccccc2)c2ccccc2)c1C. The summed E-state index contributed by atoms with van der Waals surface area (Å²) in [6.07, 6.45) is 0. The summed E-state index contributed by atoms with van der Waals surface area (Å²) in [5.41, 5.74) is 6.41. The Balaban J connectivity index is 1.61. The second-order valence-corrected chi connectivity index (χ2v) is 8.86. The van der Waals surface area contributed by atoms with Crippen molar-refractivity contribution >= 4 is 5.91 Å². The van der Waals surface area contributed by atoms with Crippen LogP contribution in [0.15, 0.2) is 121 Å². The number of hydrogen-bond donors (Lipinski definition) is 1. The summed E-state index contributed by atoms with van der Waals surface area (Å²) in [5, 5.41) is 3.31. The van der Waals surface area contributed by atoms with Gasteiger partial charge < -0.3 is 14.6 Å². The van der Waals surface area contributed by atoms with Gasteiger partial charge in [-0.3, -0.25) is 4.79 Å². The molecule has 0 aliphatic heterocycles. The van der Waals surface area contributed by atoms with Crippen molar-refractivity contribution in [1.29, 1.82) is 0 Å². The minimum atomic E-state index is -0.270.